The molecule has 1 amide bonds. The zero-order chi connectivity index (χ0) is 23.1. The highest BCUT2D eigenvalue weighted by Crippen LogP contribution is 2.39. The van der Waals surface area contributed by atoms with Crippen LogP contribution < -0.4 is 15.1 Å². The summed E-state index contributed by atoms with van der Waals surface area (Å²) in [7, 11) is 1.83. The van der Waals surface area contributed by atoms with Gasteiger partial charge in [0.05, 0.1) is 17.1 Å². The molecule has 2 aromatic carbocycles. The molecule has 0 aliphatic carbocycles. The number of rotatable bonds is 4. The summed E-state index contributed by atoms with van der Waals surface area (Å²) >= 11 is 0. The van der Waals surface area contributed by atoms with Gasteiger partial charge >= 0.3 is 0 Å². The SMILES string of the molecule is CC(C)N1c2cc(Nc3nccc(-c4cccc5cnccc45)n3)ccc2N(C)C(=O)C1C. The van der Waals surface area contributed by atoms with Crippen LogP contribution in [0.5, 0.6) is 0 Å². The number of nitrogens with one attached hydrogen (secondary N) is 1. The van der Waals surface area contributed by atoms with Crippen molar-refractivity contribution < 1.29 is 4.79 Å². The van der Waals surface area contributed by atoms with E-state index in [2.05, 4.69) is 46.2 Å². The maximum atomic E-state index is 12.7. The van der Waals surface area contributed by atoms with E-state index in [0.29, 0.717) is 5.95 Å². The van der Waals surface area contributed by atoms with E-state index in [0.717, 1.165) is 39.1 Å². The Balaban J connectivity index is 1.51. The molecule has 0 saturated carbocycles. The number of pyridine rings is 1. The third-order valence-corrected chi connectivity index (χ3v) is 6.14. The highest BCUT2D eigenvalue weighted by Gasteiger charge is 2.34. The van der Waals surface area contributed by atoms with Gasteiger partial charge in [-0.2, -0.15) is 0 Å². The predicted octanol–water partition coefficient (Wildman–Crippen LogP) is 5.02. The molecule has 1 atom stereocenters. The summed E-state index contributed by atoms with van der Waals surface area (Å²) < 4.78 is 0. The minimum atomic E-state index is -0.224. The Labute approximate surface area is 193 Å². The molecule has 33 heavy (non-hydrogen) atoms. The number of anilines is 4. The molecule has 7 nitrogen and oxygen atoms in total. The van der Waals surface area contributed by atoms with E-state index >= 15 is 0 Å². The molecule has 3 heterocycles. The first-order valence-corrected chi connectivity index (χ1v) is 11.1. The van der Waals surface area contributed by atoms with Crippen molar-refractivity contribution in [1.82, 2.24) is 15.0 Å². The lowest BCUT2D eigenvalue weighted by atomic mass is 10.0. The summed E-state index contributed by atoms with van der Waals surface area (Å²) in [6.45, 7) is 6.16. The van der Waals surface area contributed by atoms with Crippen LogP contribution in [0.4, 0.5) is 23.0 Å². The lowest BCUT2D eigenvalue weighted by Gasteiger charge is -2.42. The van der Waals surface area contributed by atoms with Crippen molar-refractivity contribution in [1.29, 1.82) is 0 Å². The maximum absolute atomic E-state index is 12.7. The second-order valence-corrected chi connectivity index (χ2v) is 8.57. The third kappa shape index (κ3) is 3.65. The Bertz CT molecular complexity index is 1350. The van der Waals surface area contributed by atoms with Gasteiger partial charge in [-0.25, -0.2) is 9.97 Å². The minimum absolute atomic E-state index is 0.0956. The molecule has 166 valence electrons. The van der Waals surface area contributed by atoms with Crippen molar-refractivity contribution in [2.24, 2.45) is 0 Å². The van der Waals surface area contributed by atoms with E-state index in [4.69, 9.17) is 4.98 Å². The number of carbonyl (C=O) groups excluding carboxylic acids is 1. The fraction of sp³-hybridized carbons (Fsp3) is 0.231. The number of aromatic nitrogens is 3. The summed E-state index contributed by atoms with van der Waals surface area (Å²) in [6, 6.07) is 16.0. The lowest BCUT2D eigenvalue weighted by Crippen LogP contribution is -2.53. The van der Waals surface area contributed by atoms with Crippen LogP contribution in [0.3, 0.4) is 0 Å². The highest BCUT2D eigenvalue weighted by molar-refractivity contribution is 6.05. The fourth-order valence-electron chi connectivity index (χ4n) is 4.59. The standard InChI is InChI=1S/C26H26N6O/c1-16(2)32-17(3)25(33)31(4)23-9-8-19(14-24(23)32)29-26-28-13-11-22(30-26)21-7-5-6-18-15-27-12-10-20(18)21/h5-17H,1-4H3,(H,28,29,30). The van der Waals surface area contributed by atoms with E-state index in [1.54, 1.807) is 17.3 Å². The van der Waals surface area contributed by atoms with E-state index in [1.807, 2.05) is 56.6 Å². The molecular weight excluding hydrogens is 412 g/mol. The second kappa shape index (κ2) is 8.16. The van der Waals surface area contributed by atoms with E-state index < -0.39 is 0 Å². The van der Waals surface area contributed by atoms with Gasteiger partial charge < -0.3 is 15.1 Å². The Morgan fingerprint density at radius 1 is 1.03 bits per heavy atom. The number of nitrogens with zero attached hydrogens (tertiary/aromatic N) is 5. The molecule has 0 fully saturated rings. The molecule has 1 unspecified atom stereocenters. The Kier molecular flexibility index (Phi) is 5.17. The van der Waals surface area contributed by atoms with Gasteiger partial charge in [-0.05, 0) is 56.5 Å². The highest BCUT2D eigenvalue weighted by atomic mass is 16.2. The quantitative estimate of drug-likeness (QED) is 0.483. The molecule has 0 spiro atoms. The summed E-state index contributed by atoms with van der Waals surface area (Å²) in [4.78, 5) is 30.0. The molecule has 4 aromatic rings. The van der Waals surface area contributed by atoms with Gasteiger partial charge in [-0.1, -0.05) is 18.2 Å². The number of benzene rings is 2. The summed E-state index contributed by atoms with van der Waals surface area (Å²) in [6.07, 6.45) is 5.41. The van der Waals surface area contributed by atoms with Crippen LogP contribution in [0.15, 0.2) is 67.1 Å². The molecule has 0 bridgehead atoms. The van der Waals surface area contributed by atoms with Gasteiger partial charge in [-0.3, -0.25) is 9.78 Å². The van der Waals surface area contributed by atoms with Crippen molar-refractivity contribution in [2.75, 3.05) is 22.2 Å². The van der Waals surface area contributed by atoms with Gasteiger partial charge in [0.2, 0.25) is 11.9 Å². The number of fused-ring (bicyclic) bond motifs is 2. The summed E-state index contributed by atoms with van der Waals surface area (Å²) in [5.74, 6) is 0.612. The molecule has 7 heteroatoms. The van der Waals surface area contributed by atoms with Crippen molar-refractivity contribution in [2.45, 2.75) is 32.9 Å². The Morgan fingerprint density at radius 2 is 1.88 bits per heavy atom. The van der Waals surface area contributed by atoms with Crippen LogP contribution in [0.2, 0.25) is 0 Å². The van der Waals surface area contributed by atoms with Crippen molar-refractivity contribution in [3.8, 4) is 11.3 Å². The van der Waals surface area contributed by atoms with Crippen LogP contribution in [0, 0.1) is 0 Å². The summed E-state index contributed by atoms with van der Waals surface area (Å²) in [5, 5.41) is 5.51. The fourth-order valence-corrected chi connectivity index (χ4v) is 4.59. The van der Waals surface area contributed by atoms with Crippen LogP contribution in [0.25, 0.3) is 22.0 Å². The zero-order valence-corrected chi connectivity index (χ0v) is 19.1. The molecule has 1 N–H and O–H groups in total. The number of likely N-dealkylation sites (N-methyl/N-ethyl adjacent to an activating group) is 1. The number of carbonyl (C=O) groups is 1. The van der Waals surface area contributed by atoms with Crippen molar-refractivity contribution in [3.05, 3.63) is 67.1 Å². The van der Waals surface area contributed by atoms with Crippen LogP contribution >= 0.6 is 0 Å². The first kappa shape index (κ1) is 20.9. The molecule has 2 aromatic heterocycles. The van der Waals surface area contributed by atoms with Crippen LogP contribution in [-0.4, -0.2) is 40.0 Å². The molecule has 0 saturated heterocycles. The van der Waals surface area contributed by atoms with Crippen molar-refractivity contribution >= 4 is 39.7 Å². The van der Waals surface area contributed by atoms with Gasteiger partial charge in [-0.15, -0.1) is 0 Å². The average Bonchev–Trinajstić information content (AvgIpc) is 2.82. The predicted molar refractivity (Wildman–Crippen MR) is 133 cm³/mol. The average molecular weight is 439 g/mol. The van der Waals surface area contributed by atoms with Gasteiger partial charge in [0.15, 0.2) is 0 Å². The van der Waals surface area contributed by atoms with Gasteiger partial charge in [0, 0.05) is 48.3 Å². The Hall–Kier alpha value is -4.00. The third-order valence-electron chi connectivity index (χ3n) is 6.14. The molecular formula is C26H26N6O. The lowest BCUT2D eigenvalue weighted by molar-refractivity contribution is -0.119. The normalized spacial score (nSPS) is 15.8. The zero-order valence-electron chi connectivity index (χ0n) is 19.1. The van der Waals surface area contributed by atoms with Crippen LogP contribution in [0.1, 0.15) is 20.8 Å². The largest absolute Gasteiger partial charge is 0.356 e. The monoisotopic (exact) mass is 438 g/mol. The number of amides is 1. The van der Waals surface area contributed by atoms with Crippen molar-refractivity contribution in [3.63, 3.8) is 0 Å². The smallest absolute Gasteiger partial charge is 0.249 e. The summed E-state index contributed by atoms with van der Waals surface area (Å²) in [5.41, 5.74) is 4.66. The Morgan fingerprint density at radius 3 is 2.70 bits per heavy atom. The van der Waals surface area contributed by atoms with Gasteiger partial charge in [0.25, 0.3) is 0 Å². The van der Waals surface area contributed by atoms with Crippen LogP contribution in [-0.2, 0) is 4.79 Å². The van der Waals surface area contributed by atoms with Gasteiger partial charge in [0.1, 0.15) is 6.04 Å². The van der Waals surface area contributed by atoms with E-state index in [9.17, 15) is 4.79 Å². The molecule has 1 aliphatic rings. The molecule has 5 rings (SSSR count). The van der Waals surface area contributed by atoms with E-state index in [1.165, 1.54) is 0 Å². The maximum Gasteiger partial charge on any atom is 0.249 e. The number of hydrogen-bond donors (Lipinski definition) is 1. The van der Waals surface area contributed by atoms with E-state index in [-0.39, 0.29) is 18.0 Å². The first-order valence-electron chi connectivity index (χ1n) is 11.1. The minimum Gasteiger partial charge on any atom is -0.356 e. The number of hydrogen-bond acceptors (Lipinski definition) is 6. The molecule has 0 radical (unpaired) electrons. The topological polar surface area (TPSA) is 74.2 Å². The first-order chi connectivity index (χ1) is 15.9. The molecule has 1 aliphatic heterocycles. The second-order valence-electron chi connectivity index (χ2n) is 8.57.